The molecule has 2 N–H and O–H groups in total. The number of halogens is 1. The highest BCUT2D eigenvalue weighted by Gasteiger charge is 2.22. The van der Waals surface area contributed by atoms with Gasteiger partial charge in [-0.1, -0.05) is 13.8 Å². The Morgan fingerprint density at radius 3 is 2.92 bits per heavy atom. The van der Waals surface area contributed by atoms with Crippen LogP contribution in [0.15, 0.2) is 11.2 Å². The molecule has 3 heterocycles. The molecule has 0 aromatic carbocycles. The molecule has 0 amide bonds. The van der Waals surface area contributed by atoms with Crippen LogP contribution in [0.2, 0.25) is 0 Å². The molecule has 1 unspecified atom stereocenters. The summed E-state index contributed by atoms with van der Waals surface area (Å²) in [6, 6.07) is 0.317. The summed E-state index contributed by atoms with van der Waals surface area (Å²) in [5, 5.41) is 12.5. The van der Waals surface area contributed by atoms with Crippen LogP contribution < -0.4 is 10.6 Å². The third kappa shape index (κ3) is 5.13. The van der Waals surface area contributed by atoms with E-state index in [4.69, 9.17) is 0 Å². The standard InChI is InChI=1S/C16H25N7S.HI/c1-4-12-8-18-15(24-12)9-19-16(17-3)20-11-6-7-14-21-13(5-2)22-23(14)10-11;/h8,11H,4-7,9-10H2,1-3H3,(H2,17,19,20);1H. The van der Waals surface area contributed by atoms with Gasteiger partial charge in [-0.05, 0) is 12.8 Å². The van der Waals surface area contributed by atoms with E-state index in [1.165, 1.54) is 4.88 Å². The van der Waals surface area contributed by atoms with Crippen molar-refractivity contribution in [1.82, 2.24) is 30.4 Å². The maximum absolute atomic E-state index is 4.56. The molecule has 9 heteroatoms. The van der Waals surface area contributed by atoms with Crippen LogP contribution in [0.1, 0.15) is 41.8 Å². The lowest BCUT2D eigenvalue weighted by atomic mass is 10.1. The Bertz CT molecular complexity index is 709. The minimum Gasteiger partial charge on any atom is -0.352 e. The number of hydrogen-bond acceptors (Lipinski definition) is 5. The Balaban J connectivity index is 0.00000225. The van der Waals surface area contributed by atoms with Gasteiger partial charge >= 0.3 is 0 Å². The Morgan fingerprint density at radius 2 is 2.24 bits per heavy atom. The van der Waals surface area contributed by atoms with Crippen molar-refractivity contribution in [3.8, 4) is 0 Å². The van der Waals surface area contributed by atoms with E-state index in [2.05, 4.69) is 44.5 Å². The van der Waals surface area contributed by atoms with Crippen LogP contribution in [0.25, 0.3) is 0 Å². The molecule has 3 rings (SSSR count). The molecular weight excluding hydrogens is 449 g/mol. The van der Waals surface area contributed by atoms with E-state index in [1.807, 2.05) is 10.9 Å². The second kappa shape index (κ2) is 9.46. The van der Waals surface area contributed by atoms with Crippen molar-refractivity contribution >= 4 is 41.3 Å². The lowest BCUT2D eigenvalue weighted by Crippen LogP contribution is -2.46. The first-order valence-corrected chi connectivity index (χ1v) is 9.36. The summed E-state index contributed by atoms with van der Waals surface area (Å²) >= 11 is 1.75. The van der Waals surface area contributed by atoms with Gasteiger partial charge in [-0.25, -0.2) is 14.6 Å². The van der Waals surface area contributed by atoms with Gasteiger partial charge in [0.15, 0.2) is 11.8 Å². The zero-order valence-corrected chi connectivity index (χ0v) is 18.1. The number of aromatic nitrogens is 4. The fraction of sp³-hybridized carbons (Fsp3) is 0.625. The summed E-state index contributed by atoms with van der Waals surface area (Å²) in [7, 11) is 1.80. The van der Waals surface area contributed by atoms with E-state index in [1.54, 1.807) is 18.4 Å². The fourth-order valence-corrected chi connectivity index (χ4v) is 3.57. The van der Waals surface area contributed by atoms with Crippen LogP contribution in [0.5, 0.6) is 0 Å². The minimum absolute atomic E-state index is 0. The average molecular weight is 475 g/mol. The number of nitrogens with one attached hydrogen (secondary N) is 2. The van der Waals surface area contributed by atoms with Crippen LogP contribution in [0.4, 0.5) is 0 Å². The number of hydrogen-bond donors (Lipinski definition) is 2. The van der Waals surface area contributed by atoms with E-state index in [0.717, 1.165) is 54.8 Å². The molecular formula is C16H26IN7S. The van der Waals surface area contributed by atoms with Gasteiger partial charge in [0, 0.05) is 37.0 Å². The van der Waals surface area contributed by atoms with Crippen molar-refractivity contribution in [3.05, 3.63) is 27.7 Å². The number of aliphatic imine (C=N–C) groups is 1. The van der Waals surface area contributed by atoms with Gasteiger partial charge in [-0.2, -0.15) is 5.10 Å². The van der Waals surface area contributed by atoms with Crippen molar-refractivity contribution < 1.29 is 0 Å². The first-order valence-electron chi connectivity index (χ1n) is 8.55. The maximum Gasteiger partial charge on any atom is 0.191 e. The lowest BCUT2D eigenvalue weighted by molar-refractivity contribution is 0.392. The van der Waals surface area contributed by atoms with E-state index >= 15 is 0 Å². The van der Waals surface area contributed by atoms with Gasteiger partial charge in [0.2, 0.25) is 0 Å². The molecule has 2 aromatic heterocycles. The first kappa shape index (κ1) is 20.1. The van der Waals surface area contributed by atoms with E-state index in [9.17, 15) is 0 Å². The topological polar surface area (TPSA) is 80.0 Å². The van der Waals surface area contributed by atoms with Crippen molar-refractivity contribution in [2.24, 2.45) is 4.99 Å². The number of fused-ring (bicyclic) bond motifs is 1. The molecule has 2 aromatic rings. The molecule has 138 valence electrons. The molecule has 1 atom stereocenters. The fourth-order valence-electron chi connectivity index (χ4n) is 2.77. The molecule has 0 fully saturated rings. The number of rotatable bonds is 5. The van der Waals surface area contributed by atoms with Crippen LogP contribution in [0, 0.1) is 0 Å². The van der Waals surface area contributed by atoms with Gasteiger partial charge in [-0.15, -0.1) is 35.3 Å². The summed E-state index contributed by atoms with van der Waals surface area (Å²) in [6.07, 6.45) is 5.87. The van der Waals surface area contributed by atoms with E-state index < -0.39 is 0 Å². The molecule has 1 aliphatic rings. The summed E-state index contributed by atoms with van der Waals surface area (Å²) in [5.74, 6) is 2.85. The third-order valence-corrected chi connectivity index (χ3v) is 5.28. The Hall–Kier alpha value is -1.23. The Morgan fingerprint density at radius 1 is 1.40 bits per heavy atom. The van der Waals surface area contributed by atoms with Gasteiger partial charge in [0.25, 0.3) is 0 Å². The highest BCUT2D eigenvalue weighted by Crippen LogP contribution is 2.14. The summed E-state index contributed by atoms with van der Waals surface area (Å²) in [6.45, 7) is 5.77. The number of nitrogens with zero attached hydrogens (tertiary/aromatic N) is 5. The predicted octanol–water partition coefficient (Wildman–Crippen LogP) is 2.16. The predicted molar refractivity (Wildman–Crippen MR) is 112 cm³/mol. The second-order valence-electron chi connectivity index (χ2n) is 5.86. The van der Waals surface area contributed by atoms with Crippen LogP contribution in [-0.2, 0) is 32.4 Å². The van der Waals surface area contributed by atoms with Gasteiger partial charge in [-0.3, -0.25) is 4.99 Å². The van der Waals surface area contributed by atoms with Crippen LogP contribution >= 0.6 is 35.3 Å². The summed E-state index contributed by atoms with van der Waals surface area (Å²) in [5.41, 5.74) is 0. The van der Waals surface area contributed by atoms with Crippen LogP contribution in [-0.4, -0.2) is 38.8 Å². The molecule has 0 saturated carbocycles. The monoisotopic (exact) mass is 475 g/mol. The quantitative estimate of drug-likeness (QED) is 0.394. The Kier molecular flexibility index (Phi) is 7.60. The van der Waals surface area contributed by atoms with E-state index in [0.29, 0.717) is 12.6 Å². The van der Waals surface area contributed by atoms with Crippen molar-refractivity contribution in [1.29, 1.82) is 0 Å². The zero-order chi connectivity index (χ0) is 16.9. The number of aryl methyl sites for hydroxylation is 3. The van der Waals surface area contributed by atoms with Gasteiger partial charge in [0.1, 0.15) is 10.8 Å². The zero-order valence-electron chi connectivity index (χ0n) is 14.9. The first-order chi connectivity index (χ1) is 11.7. The largest absolute Gasteiger partial charge is 0.352 e. The molecule has 0 bridgehead atoms. The number of thiazole rings is 1. The normalized spacial score (nSPS) is 16.9. The van der Waals surface area contributed by atoms with Crippen molar-refractivity contribution in [2.75, 3.05) is 7.05 Å². The van der Waals surface area contributed by atoms with Crippen molar-refractivity contribution in [3.63, 3.8) is 0 Å². The highest BCUT2D eigenvalue weighted by atomic mass is 127. The number of guanidine groups is 1. The van der Waals surface area contributed by atoms with Crippen LogP contribution in [0.3, 0.4) is 0 Å². The summed E-state index contributed by atoms with van der Waals surface area (Å²) in [4.78, 5) is 14.6. The molecule has 7 nitrogen and oxygen atoms in total. The lowest BCUT2D eigenvalue weighted by Gasteiger charge is -2.25. The molecule has 0 aliphatic carbocycles. The van der Waals surface area contributed by atoms with Crippen molar-refractivity contribution in [2.45, 2.75) is 58.7 Å². The highest BCUT2D eigenvalue weighted by molar-refractivity contribution is 14.0. The molecule has 0 spiro atoms. The third-order valence-electron chi connectivity index (χ3n) is 4.14. The maximum atomic E-state index is 4.56. The molecule has 1 aliphatic heterocycles. The molecule has 25 heavy (non-hydrogen) atoms. The average Bonchev–Trinajstić information content (AvgIpc) is 3.24. The van der Waals surface area contributed by atoms with E-state index in [-0.39, 0.29) is 24.0 Å². The van der Waals surface area contributed by atoms with Gasteiger partial charge in [0.05, 0.1) is 13.1 Å². The Labute approximate surface area is 169 Å². The molecule has 0 radical (unpaired) electrons. The smallest absolute Gasteiger partial charge is 0.191 e. The SMILES string of the molecule is CCc1nc2n(n1)CC(NC(=NC)NCc1ncc(CC)s1)CC2.I. The van der Waals surface area contributed by atoms with Gasteiger partial charge < -0.3 is 10.6 Å². The second-order valence-corrected chi connectivity index (χ2v) is 7.06. The summed E-state index contributed by atoms with van der Waals surface area (Å²) < 4.78 is 2.03. The minimum atomic E-state index is 0. The molecule has 0 saturated heterocycles.